The second-order valence-electron chi connectivity index (χ2n) is 7.82. The van der Waals surface area contributed by atoms with Gasteiger partial charge in [-0.25, -0.2) is 9.37 Å². The molecule has 1 aromatic heterocycles. The Kier molecular flexibility index (Phi) is 6.65. The average Bonchev–Trinajstić information content (AvgIpc) is 3.29. The number of benzene rings is 2. The number of rotatable bonds is 5. The Balaban J connectivity index is 1.78. The highest BCUT2D eigenvalue weighted by Crippen LogP contribution is 2.36. The number of aliphatic imine (C=N–C) groups is 1. The number of alkyl halides is 3. The van der Waals surface area contributed by atoms with Crippen LogP contribution in [0.25, 0.3) is 17.0 Å². The van der Waals surface area contributed by atoms with Gasteiger partial charge < -0.3 is 16.4 Å². The lowest BCUT2D eigenvalue weighted by molar-refractivity contribution is -0.138. The number of hydrogen-bond donors (Lipinski definition) is 3. The van der Waals surface area contributed by atoms with Crippen molar-refractivity contribution in [2.75, 3.05) is 12.4 Å². The predicted molar refractivity (Wildman–Crippen MR) is 126 cm³/mol. The first kappa shape index (κ1) is 24.1. The lowest BCUT2D eigenvalue weighted by atomic mass is 9.99. The molecule has 0 aliphatic carbocycles. The first-order chi connectivity index (χ1) is 16.7. The van der Waals surface area contributed by atoms with Gasteiger partial charge in [0.15, 0.2) is 0 Å². The maximum Gasteiger partial charge on any atom is 0.417 e. The summed E-state index contributed by atoms with van der Waals surface area (Å²) in [5.41, 5.74) is 6.27. The molecular formula is C25H21F4N5O. The SMILES string of the molecule is CN=CC=C(N)c1cc(C(=O)Nc2cc3c(nc2-c2ccccc2)CNC3)c(F)cc1C(F)(F)F. The molecule has 180 valence electrons. The fraction of sp³-hybridized carbons (Fsp3) is 0.160. The molecule has 0 saturated heterocycles. The molecule has 6 nitrogen and oxygen atoms in total. The van der Waals surface area contributed by atoms with E-state index in [2.05, 4.69) is 20.6 Å². The lowest BCUT2D eigenvalue weighted by Crippen LogP contribution is -2.19. The van der Waals surface area contributed by atoms with E-state index in [1.165, 1.54) is 13.3 Å². The van der Waals surface area contributed by atoms with Crippen molar-refractivity contribution in [3.05, 3.63) is 88.4 Å². The third kappa shape index (κ3) is 5.07. The Labute approximate surface area is 198 Å². The maximum absolute atomic E-state index is 14.8. The van der Waals surface area contributed by atoms with Crippen LogP contribution in [0.5, 0.6) is 0 Å². The van der Waals surface area contributed by atoms with Crippen molar-refractivity contribution in [2.24, 2.45) is 10.7 Å². The summed E-state index contributed by atoms with van der Waals surface area (Å²) >= 11 is 0. The summed E-state index contributed by atoms with van der Waals surface area (Å²) in [6, 6.07) is 11.9. The van der Waals surface area contributed by atoms with E-state index in [0.29, 0.717) is 24.5 Å². The van der Waals surface area contributed by atoms with Crippen molar-refractivity contribution < 1.29 is 22.4 Å². The molecule has 35 heavy (non-hydrogen) atoms. The zero-order chi connectivity index (χ0) is 25.2. The van der Waals surface area contributed by atoms with E-state index >= 15 is 0 Å². The Morgan fingerprint density at radius 2 is 1.89 bits per heavy atom. The molecule has 1 amide bonds. The van der Waals surface area contributed by atoms with Gasteiger partial charge in [-0.2, -0.15) is 13.2 Å². The van der Waals surface area contributed by atoms with E-state index in [1.54, 1.807) is 6.07 Å². The summed E-state index contributed by atoms with van der Waals surface area (Å²) < 4.78 is 55.5. The molecule has 0 unspecified atom stereocenters. The first-order valence-electron chi connectivity index (χ1n) is 10.6. The highest BCUT2D eigenvalue weighted by Gasteiger charge is 2.36. The zero-order valence-electron chi connectivity index (χ0n) is 18.6. The van der Waals surface area contributed by atoms with Crippen molar-refractivity contribution in [1.82, 2.24) is 10.3 Å². The summed E-state index contributed by atoms with van der Waals surface area (Å²) in [4.78, 5) is 21.4. The second-order valence-corrected chi connectivity index (χ2v) is 7.82. The molecule has 3 aromatic rings. The number of nitrogens with zero attached hydrogens (tertiary/aromatic N) is 2. The second kappa shape index (κ2) is 9.67. The topological polar surface area (TPSA) is 92.4 Å². The number of nitrogens with one attached hydrogen (secondary N) is 2. The molecule has 10 heteroatoms. The number of pyridine rings is 1. The molecular weight excluding hydrogens is 462 g/mol. The van der Waals surface area contributed by atoms with Gasteiger partial charge in [0, 0.05) is 43.2 Å². The van der Waals surface area contributed by atoms with E-state index < -0.39 is 34.6 Å². The normalized spacial score (nSPS) is 13.8. The molecule has 0 saturated carbocycles. The van der Waals surface area contributed by atoms with Crippen LogP contribution in [0.15, 0.2) is 59.6 Å². The highest BCUT2D eigenvalue weighted by atomic mass is 19.4. The monoisotopic (exact) mass is 483 g/mol. The van der Waals surface area contributed by atoms with Gasteiger partial charge in [0.1, 0.15) is 5.82 Å². The average molecular weight is 483 g/mol. The number of carbonyl (C=O) groups excluding carboxylic acids is 1. The van der Waals surface area contributed by atoms with Gasteiger partial charge in [0.05, 0.1) is 28.2 Å². The fourth-order valence-electron chi connectivity index (χ4n) is 3.78. The van der Waals surface area contributed by atoms with Crippen LogP contribution in [0, 0.1) is 5.82 Å². The Bertz CT molecular complexity index is 1330. The number of fused-ring (bicyclic) bond motifs is 1. The van der Waals surface area contributed by atoms with Crippen LogP contribution in [-0.4, -0.2) is 24.2 Å². The van der Waals surface area contributed by atoms with E-state index in [9.17, 15) is 22.4 Å². The quantitative estimate of drug-likeness (QED) is 0.360. The van der Waals surface area contributed by atoms with Crippen LogP contribution >= 0.6 is 0 Å². The smallest absolute Gasteiger partial charge is 0.398 e. The third-order valence-corrected chi connectivity index (χ3v) is 5.47. The Hall–Kier alpha value is -4.05. The van der Waals surface area contributed by atoms with E-state index in [4.69, 9.17) is 5.73 Å². The van der Waals surface area contributed by atoms with E-state index in [0.717, 1.165) is 29.0 Å². The number of hydrogen-bond acceptors (Lipinski definition) is 5. The molecule has 0 spiro atoms. The molecule has 4 N–H and O–H groups in total. The van der Waals surface area contributed by atoms with Crippen LogP contribution in [0.4, 0.5) is 23.2 Å². The largest absolute Gasteiger partial charge is 0.417 e. The number of nitrogens with two attached hydrogens (primary N) is 1. The number of carbonyl (C=O) groups is 1. The number of anilines is 1. The van der Waals surface area contributed by atoms with Crippen molar-refractivity contribution in [1.29, 1.82) is 0 Å². The van der Waals surface area contributed by atoms with Crippen LogP contribution in [-0.2, 0) is 19.3 Å². The van der Waals surface area contributed by atoms with Crippen LogP contribution in [0.3, 0.4) is 0 Å². The van der Waals surface area contributed by atoms with Crippen molar-refractivity contribution in [3.8, 4) is 11.3 Å². The van der Waals surface area contributed by atoms with E-state index in [1.807, 2.05) is 30.3 Å². The number of halogens is 4. The summed E-state index contributed by atoms with van der Waals surface area (Å²) in [5.74, 6) is -2.26. The molecule has 0 fully saturated rings. The van der Waals surface area contributed by atoms with Gasteiger partial charge in [0.25, 0.3) is 5.91 Å². The van der Waals surface area contributed by atoms with Gasteiger partial charge >= 0.3 is 6.18 Å². The van der Waals surface area contributed by atoms with Crippen molar-refractivity contribution in [3.63, 3.8) is 0 Å². The van der Waals surface area contributed by atoms with Gasteiger partial charge in [-0.15, -0.1) is 0 Å². The van der Waals surface area contributed by atoms with Crippen LogP contribution in [0.1, 0.15) is 32.7 Å². The van der Waals surface area contributed by atoms with Gasteiger partial charge in [-0.1, -0.05) is 30.3 Å². The number of allylic oxidation sites excluding steroid dienone is 1. The molecule has 4 rings (SSSR count). The maximum atomic E-state index is 14.8. The predicted octanol–water partition coefficient (Wildman–Crippen LogP) is 4.76. The van der Waals surface area contributed by atoms with Crippen molar-refractivity contribution >= 4 is 23.5 Å². The summed E-state index contributed by atoms with van der Waals surface area (Å²) in [5, 5.41) is 5.80. The number of aromatic nitrogens is 1. The van der Waals surface area contributed by atoms with Gasteiger partial charge in [-0.3, -0.25) is 9.79 Å². The Morgan fingerprint density at radius 1 is 1.14 bits per heavy atom. The molecule has 2 heterocycles. The Morgan fingerprint density at radius 3 is 2.57 bits per heavy atom. The van der Waals surface area contributed by atoms with Crippen LogP contribution in [0.2, 0.25) is 0 Å². The molecule has 0 atom stereocenters. The minimum Gasteiger partial charge on any atom is -0.398 e. The molecule has 0 bridgehead atoms. The summed E-state index contributed by atoms with van der Waals surface area (Å²) in [7, 11) is 1.42. The summed E-state index contributed by atoms with van der Waals surface area (Å²) in [6.45, 7) is 1.10. The lowest BCUT2D eigenvalue weighted by Gasteiger charge is -2.17. The third-order valence-electron chi connectivity index (χ3n) is 5.47. The molecule has 1 aliphatic heterocycles. The number of amides is 1. The van der Waals surface area contributed by atoms with Crippen molar-refractivity contribution in [2.45, 2.75) is 19.3 Å². The highest BCUT2D eigenvalue weighted by molar-refractivity contribution is 6.07. The molecule has 1 aliphatic rings. The molecule has 0 radical (unpaired) electrons. The molecule has 2 aromatic carbocycles. The van der Waals surface area contributed by atoms with Crippen LogP contribution < -0.4 is 16.4 Å². The minimum absolute atomic E-state index is 0.275. The fourth-order valence-corrected chi connectivity index (χ4v) is 3.78. The minimum atomic E-state index is -4.88. The zero-order valence-corrected chi connectivity index (χ0v) is 18.6. The van der Waals surface area contributed by atoms with E-state index in [-0.39, 0.29) is 11.8 Å². The standard InChI is InChI=1S/C25H21F4N5O/c1-31-8-7-20(30)16-10-17(19(26)11-18(16)25(27,28)29)24(35)34-21-9-15-12-32-13-22(15)33-23(21)14-5-3-2-4-6-14/h2-11,32H,12-13,30H2,1H3,(H,34,35). The van der Waals surface area contributed by atoms with Gasteiger partial charge in [0.2, 0.25) is 0 Å². The first-order valence-corrected chi connectivity index (χ1v) is 10.6. The van der Waals surface area contributed by atoms with Gasteiger partial charge in [-0.05, 0) is 29.8 Å². The summed E-state index contributed by atoms with van der Waals surface area (Å²) in [6.07, 6.45) is -2.53.